The van der Waals surface area contributed by atoms with Gasteiger partial charge in [-0.25, -0.2) is 4.98 Å². The maximum absolute atomic E-state index is 5.07. The molecule has 0 fully saturated rings. The van der Waals surface area contributed by atoms with Crippen molar-refractivity contribution in [3.63, 3.8) is 0 Å². The second-order valence-electron chi connectivity index (χ2n) is 1.70. The van der Waals surface area contributed by atoms with Crippen molar-refractivity contribution in [3.8, 4) is 0 Å². The van der Waals surface area contributed by atoms with Gasteiger partial charge in [-0.05, 0) is 22.9 Å². The molecule has 0 radical (unpaired) electrons. The Morgan fingerprint density at radius 2 is 2.60 bits per heavy atom. The maximum Gasteiger partial charge on any atom is 0.221 e. The number of rotatable bonds is 3. The Labute approximate surface area is 67.5 Å². The molecule has 0 spiro atoms. The van der Waals surface area contributed by atoms with Gasteiger partial charge in [0.05, 0.1) is 6.20 Å². The maximum atomic E-state index is 5.07. The average molecular weight is 206 g/mol. The molecule has 0 aliphatic heterocycles. The lowest BCUT2D eigenvalue weighted by atomic mass is 10.7. The van der Waals surface area contributed by atoms with Gasteiger partial charge in [0.2, 0.25) is 5.89 Å². The smallest absolute Gasteiger partial charge is 0.221 e. The predicted octanol–water partition coefficient (Wildman–Crippen LogP) is 1.97. The summed E-state index contributed by atoms with van der Waals surface area (Å²) in [4.78, 5) is 3.91. The summed E-state index contributed by atoms with van der Waals surface area (Å²) in [6, 6.07) is 0. The van der Waals surface area contributed by atoms with Gasteiger partial charge in [0.25, 0.3) is 0 Å². The molecule has 1 aromatic rings. The Balaban J connectivity index is 2.42. The number of oxazole rings is 1. The van der Waals surface area contributed by atoms with Crippen molar-refractivity contribution in [1.29, 1.82) is 0 Å². The van der Waals surface area contributed by atoms with Crippen LogP contribution >= 0.6 is 15.9 Å². The minimum absolute atomic E-state index is 0.447. The van der Waals surface area contributed by atoms with Gasteiger partial charge in [-0.15, -0.1) is 0 Å². The highest BCUT2D eigenvalue weighted by Crippen LogP contribution is 2.10. The molecule has 0 bridgehead atoms. The van der Waals surface area contributed by atoms with Gasteiger partial charge in [-0.2, -0.15) is 0 Å². The van der Waals surface area contributed by atoms with Crippen molar-refractivity contribution in [1.82, 2.24) is 4.98 Å². The molecule has 0 aliphatic carbocycles. The van der Waals surface area contributed by atoms with Crippen LogP contribution in [0.15, 0.2) is 15.3 Å². The molecule has 1 heterocycles. The molecule has 0 aliphatic rings. The highest BCUT2D eigenvalue weighted by atomic mass is 79.9. The second kappa shape index (κ2) is 3.73. The lowest BCUT2D eigenvalue weighted by molar-refractivity contribution is 0.113. The Bertz CT molecular complexity index is 199. The van der Waals surface area contributed by atoms with E-state index < -0.39 is 0 Å². The third-order valence-corrected chi connectivity index (χ3v) is 1.32. The van der Waals surface area contributed by atoms with Gasteiger partial charge < -0.3 is 9.15 Å². The molecule has 0 atom stereocenters. The van der Waals surface area contributed by atoms with E-state index in [1.807, 2.05) is 6.92 Å². The molecule has 4 heteroatoms. The SMILES string of the molecule is CCOCc1ncc(Br)o1. The lowest BCUT2D eigenvalue weighted by Gasteiger charge is -1.92. The minimum atomic E-state index is 0.447. The Kier molecular flexibility index (Phi) is 2.89. The van der Waals surface area contributed by atoms with Gasteiger partial charge in [-0.3, -0.25) is 0 Å². The van der Waals surface area contributed by atoms with Gasteiger partial charge in [0, 0.05) is 6.61 Å². The largest absolute Gasteiger partial charge is 0.431 e. The first-order valence-electron chi connectivity index (χ1n) is 3.01. The van der Waals surface area contributed by atoms with Gasteiger partial charge >= 0.3 is 0 Å². The highest BCUT2D eigenvalue weighted by molar-refractivity contribution is 9.10. The van der Waals surface area contributed by atoms with Gasteiger partial charge in [-0.1, -0.05) is 0 Å². The molecule has 0 saturated carbocycles. The van der Waals surface area contributed by atoms with Crippen molar-refractivity contribution in [2.24, 2.45) is 0 Å². The quantitative estimate of drug-likeness (QED) is 0.758. The van der Waals surface area contributed by atoms with E-state index in [1.165, 1.54) is 0 Å². The molecule has 10 heavy (non-hydrogen) atoms. The van der Waals surface area contributed by atoms with Gasteiger partial charge in [0.15, 0.2) is 4.67 Å². The van der Waals surface area contributed by atoms with Crippen LogP contribution in [0.2, 0.25) is 0 Å². The van der Waals surface area contributed by atoms with Crippen LogP contribution in [0.4, 0.5) is 0 Å². The van der Waals surface area contributed by atoms with E-state index in [1.54, 1.807) is 6.20 Å². The standard InChI is InChI=1S/C6H8BrNO2/c1-2-9-4-6-8-3-5(7)10-6/h3H,2,4H2,1H3. The number of ether oxygens (including phenoxy) is 1. The normalized spacial score (nSPS) is 10.2. The number of hydrogen-bond donors (Lipinski definition) is 0. The Hall–Kier alpha value is -0.350. The van der Waals surface area contributed by atoms with Crippen molar-refractivity contribution in [3.05, 3.63) is 16.8 Å². The fourth-order valence-corrected chi connectivity index (χ4v) is 0.833. The summed E-state index contributed by atoms with van der Waals surface area (Å²) in [5.74, 6) is 0.605. The van der Waals surface area contributed by atoms with E-state index in [0.29, 0.717) is 23.8 Å². The van der Waals surface area contributed by atoms with Crippen molar-refractivity contribution in [2.45, 2.75) is 13.5 Å². The van der Waals surface area contributed by atoms with E-state index in [2.05, 4.69) is 20.9 Å². The number of aromatic nitrogens is 1. The summed E-state index contributed by atoms with van der Waals surface area (Å²) >= 11 is 3.14. The van der Waals surface area contributed by atoms with E-state index in [-0.39, 0.29) is 0 Å². The fraction of sp³-hybridized carbons (Fsp3) is 0.500. The first-order chi connectivity index (χ1) is 4.83. The summed E-state index contributed by atoms with van der Waals surface area (Å²) in [5.41, 5.74) is 0. The van der Waals surface area contributed by atoms with E-state index in [4.69, 9.17) is 9.15 Å². The molecule has 0 amide bonds. The van der Waals surface area contributed by atoms with Crippen LogP contribution in [0.1, 0.15) is 12.8 Å². The van der Waals surface area contributed by atoms with Crippen molar-refractivity contribution in [2.75, 3.05) is 6.61 Å². The molecular formula is C6H8BrNO2. The number of nitrogens with zero attached hydrogens (tertiary/aromatic N) is 1. The van der Waals surface area contributed by atoms with Crippen molar-refractivity contribution < 1.29 is 9.15 Å². The molecule has 1 aromatic heterocycles. The third kappa shape index (κ3) is 2.11. The lowest BCUT2D eigenvalue weighted by Crippen LogP contribution is -1.90. The number of halogens is 1. The summed E-state index contributed by atoms with van der Waals surface area (Å²) < 4.78 is 10.8. The van der Waals surface area contributed by atoms with E-state index in [9.17, 15) is 0 Å². The van der Waals surface area contributed by atoms with Crippen LogP contribution in [0.5, 0.6) is 0 Å². The molecule has 3 nitrogen and oxygen atoms in total. The molecule has 1 rings (SSSR count). The summed E-state index contributed by atoms with van der Waals surface area (Å²) in [7, 11) is 0. The molecular weight excluding hydrogens is 198 g/mol. The molecule has 0 aromatic carbocycles. The number of hydrogen-bond acceptors (Lipinski definition) is 3. The van der Waals surface area contributed by atoms with E-state index in [0.717, 1.165) is 0 Å². The molecule has 0 saturated heterocycles. The average Bonchev–Trinajstić information content (AvgIpc) is 2.31. The first kappa shape index (κ1) is 7.75. The Morgan fingerprint density at radius 1 is 1.80 bits per heavy atom. The summed E-state index contributed by atoms with van der Waals surface area (Å²) in [6.45, 7) is 3.06. The summed E-state index contributed by atoms with van der Waals surface area (Å²) in [6.07, 6.45) is 1.61. The van der Waals surface area contributed by atoms with Crippen LogP contribution in [-0.2, 0) is 11.3 Å². The first-order valence-corrected chi connectivity index (χ1v) is 3.80. The van der Waals surface area contributed by atoms with Crippen LogP contribution in [0, 0.1) is 0 Å². The van der Waals surface area contributed by atoms with Crippen LogP contribution < -0.4 is 0 Å². The summed E-state index contributed by atoms with van der Waals surface area (Å²) in [5, 5.41) is 0. The zero-order valence-corrected chi connectivity index (χ0v) is 7.22. The highest BCUT2D eigenvalue weighted by Gasteiger charge is 1.98. The van der Waals surface area contributed by atoms with Crippen LogP contribution in [-0.4, -0.2) is 11.6 Å². The molecule has 0 unspecified atom stereocenters. The van der Waals surface area contributed by atoms with Crippen LogP contribution in [0.25, 0.3) is 0 Å². The topological polar surface area (TPSA) is 35.3 Å². The van der Waals surface area contributed by atoms with E-state index >= 15 is 0 Å². The second-order valence-corrected chi connectivity index (χ2v) is 2.48. The zero-order chi connectivity index (χ0) is 7.40. The fourth-order valence-electron chi connectivity index (χ4n) is 0.544. The molecule has 56 valence electrons. The zero-order valence-electron chi connectivity index (χ0n) is 5.63. The monoisotopic (exact) mass is 205 g/mol. The predicted molar refractivity (Wildman–Crippen MR) is 39.5 cm³/mol. The Morgan fingerprint density at radius 3 is 3.10 bits per heavy atom. The van der Waals surface area contributed by atoms with Crippen molar-refractivity contribution >= 4 is 15.9 Å². The molecule has 0 N–H and O–H groups in total. The van der Waals surface area contributed by atoms with Crippen LogP contribution in [0.3, 0.4) is 0 Å². The van der Waals surface area contributed by atoms with Gasteiger partial charge in [0.1, 0.15) is 6.61 Å². The minimum Gasteiger partial charge on any atom is -0.431 e. The third-order valence-electron chi connectivity index (χ3n) is 0.955.